The molecule has 0 aliphatic carbocycles. The van der Waals surface area contributed by atoms with Gasteiger partial charge in [0, 0.05) is 12.2 Å². The molecule has 2 N–H and O–H groups in total. The SMILES string of the molecule is CCC(=C(c1ccc(OCCNC(=O)O)cc1)c1ccc2c(cnn2C2CCCCO2)c1F)c1ccc(F)cc1Cl. The largest absolute Gasteiger partial charge is 0.492 e. The van der Waals surface area contributed by atoms with E-state index in [0.29, 0.717) is 51.9 Å². The minimum atomic E-state index is -1.12. The van der Waals surface area contributed by atoms with Gasteiger partial charge < -0.3 is 19.9 Å². The highest BCUT2D eigenvalue weighted by molar-refractivity contribution is 6.32. The zero-order valence-electron chi connectivity index (χ0n) is 22.5. The Morgan fingerprint density at radius 1 is 1.15 bits per heavy atom. The zero-order chi connectivity index (χ0) is 28.9. The number of allylic oxidation sites excluding steroid dienone is 1. The van der Waals surface area contributed by atoms with Gasteiger partial charge in [0.15, 0.2) is 6.23 Å². The number of rotatable bonds is 9. The molecule has 1 atom stereocenters. The van der Waals surface area contributed by atoms with E-state index < -0.39 is 17.7 Å². The molecule has 4 aromatic rings. The quantitative estimate of drug-likeness (QED) is 0.156. The van der Waals surface area contributed by atoms with Crippen molar-refractivity contribution in [3.05, 3.63) is 94.1 Å². The van der Waals surface area contributed by atoms with Crippen LogP contribution in [0.15, 0.2) is 60.8 Å². The molecule has 0 spiro atoms. The van der Waals surface area contributed by atoms with E-state index in [0.717, 1.165) is 24.8 Å². The van der Waals surface area contributed by atoms with Crippen molar-refractivity contribution in [2.45, 2.75) is 38.8 Å². The topological polar surface area (TPSA) is 85.6 Å². The van der Waals surface area contributed by atoms with Crippen molar-refractivity contribution in [3.8, 4) is 5.75 Å². The summed E-state index contributed by atoms with van der Waals surface area (Å²) in [6.07, 6.45) is 3.50. The molecule has 5 rings (SSSR count). The lowest BCUT2D eigenvalue weighted by molar-refractivity contribution is -0.0366. The lowest BCUT2D eigenvalue weighted by Crippen LogP contribution is -2.26. The van der Waals surface area contributed by atoms with Gasteiger partial charge in [0.2, 0.25) is 0 Å². The summed E-state index contributed by atoms with van der Waals surface area (Å²) >= 11 is 6.50. The van der Waals surface area contributed by atoms with Crippen LogP contribution in [0.2, 0.25) is 5.02 Å². The first-order chi connectivity index (χ1) is 19.9. The van der Waals surface area contributed by atoms with Crippen LogP contribution in [-0.4, -0.2) is 40.7 Å². The van der Waals surface area contributed by atoms with Crippen molar-refractivity contribution < 1.29 is 28.2 Å². The summed E-state index contributed by atoms with van der Waals surface area (Å²) in [5.74, 6) is -0.355. The molecule has 10 heteroatoms. The summed E-state index contributed by atoms with van der Waals surface area (Å²) in [7, 11) is 0. The average molecular weight is 582 g/mol. The highest BCUT2D eigenvalue weighted by Crippen LogP contribution is 2.40. The van der Waals surface area contributed by atoms with Crippen LogP contribution in [0.5, 0.6) is 5.75 Å². The maximum absolute atomic E-state index is 16.4. The lowest BCUT2D eigenvalue weighted by Gasteiger charge is -2.23. The Balaban J connectivity index is 1.60. The van der Waals surface area contributed by atoms with E-state index in [1.54, 1.807) is 28.9 Å². The van der Waals surface area contributed by atoms with Gasteiger partial charge >= 0.3 is 6.09 Å². The third-order valence-corrected chi connectivity index (χ3v) is 7.43. The number of benzene rings is 3. The van der Waals surface area contributed by atoms with E-state index in [4.69, 9.17) is 26.2 Å². The van der Waals surface area contributed by atoms with Crippen molar-refractivity contribution in [2.75, 3.05) is 19.8 Å². The van der Waals surface area contributed by atoms with E-state index in [1.165, 1.54) is 18.3 Å². The van der Waals surface area contributed by atoms with Gasteiger partial charge in [0.25, 0.3) is 0 Å². The first-order valence-corrected chi connectivity index (χ1v) is 13.9. The minimum absolute atomic E-state index is 0.135. The summed E-state index contributed by atoms with van der Waals surface area (Å²) < 4.78 is 43.6. The summed E-state index contributed by atoms with van der Waals surface area (Å²) in [6.45, 7) is 2.88. The number of nitrogens with one attached hydrogen (secondary N) is 1. The molecule has 214 valence electrons. The number of halogens is 3. The molecule has 2 heterocycles. The van der Waals surface area contributed by atoms with Gasteiger partial charge in [-0.1, -0.05) is 36.7 Å². The Morgan fingerprint density at radius 2 is 1.93 bits per heavy atom. The Bertz CT molecular complexity index is 1580. The number of amides is 1. The third kappa shape index (κ3) is 6.21. The van der Waals surface area contributed by atoms with Crippen molar-refractivity contribution >= 4 is 39.7 Å². The molecule has 41 heavy (non-hydrogen) atoms. The second kappa shape index (κ2) is 12.7. The zero-order valence-corrected chi connectivity index (χ0v) is 23.3. The standard InChI is InChI=1S/C31H30ClF2N3O4/c1-2-22(23-11-8-20(33)17-26(23)32)29(19-6-9-21(10-7-19)40-16-14-35-31(38)39)24-12-13-27-25(30(24)34)18-36-37(27)28-5-3-4-15-41-28/h6-13,17-18,28,35H,2-5,14-16H2,1H3,(H,38,39). The predicted octanol–water partition coefficient (Wildman–Crippen LogP) is 7.68. The Kier molecular flexibility index (Phi) is 8.85. The van der Waals surface area contributed by atoms with Gasteiger partial charge in [-0.25, -0.2) is 18.3 Å². The van der Waals surface area contributed by atoms with Crippen molar-refractivity contribution in [1.82, 2.24) is 15.1 Å². The van der Waals surface area contributed by atoms with Gasteiger partial charge in [-0.15, -0.1) is 0 Å². The van der Waals surface area contributed by atoms with E-state index in [1.807, 2.05) is 25.1 Å². The van der Waals surface area contributed by atoms with Crippen LogP contribution in [-0.2, 0) is 4.74 Å². The predicted molar refractivity (Wildman–Crippen MR) is 154 cm³/mol. The number of fused-ring (bicyclic) bond motifs is 1. The van der Waals surface area contributed by atoms with E-state index in [-0.39, 0.29) is 24.4 Å². The van der Waals surface area contributed by atoms with Crippen LogP contribution in [0.3, 0.4) is 0 Å². The Hall–Kier alpha value is -3.95. The number of nitrogens with zero attached hydrogens (tertiary/aromatic N) is 2. The maximum atomic E-state index is 16.4. The summed E-state index contributed by atoms with van der Waals surface area (Å²) in [4.78, 5) is 10.7. The molecular formula is C31H30ClF2N3O4. The molecule has 1 saturated heterocycles. The van der Waals surface area contributed by atoms with Gasteiger partial charge in [-0.05, 0) is 84.4 Å². The molecular weight excluding hydrogens is 552 g/mol. The molecule has 1 aliphatic rings. The first-order valence-electron chi connectivity index (χ1n) is 13.5. The fraction of sp³-hybridized carbons (Fsp3) is 0.290. The normalized spacial score (nSPS) is 16.0. The monoisotopic (exact) mass is 581 g/mol. The van der Waals surface area contributed by atoms with Crippen molar-refractivity contribution in [1.29, 1.82) is 0 Å². The average Bonchev–Trinajstić information content (AvgIpc) is 3.41. The highest BCUT2D eigenvalue weighted by Gasteiger charge is 2.24. The van der Waals surface area contributed by atoms with Gasteiger partial charge in [0.1, 0.15) is 24.0 Å². The van der Waals surface area contributed by atoms with Crippen molar-refractivity contribution in [2.24, 2.45) is 0 Å². The number of carboxylic acid groups (broad SMARTS) is 1. The molecule has 1 amide bonds. The van der Waals surface area contributed by atoms with Crippen LogP contribution >= 0.6 is 11.6 Å². The fourth-order valence-electron chi connectivity index (χ4n) is 5.20. The second-order valence-electron chi connectivity index (χ2n) is 9.71. The van der Waals surface area contributed by atoms with E-state index >= 15 is 4.39 Å². The van der Waals surface area contributed by atoms with Crippen LogP contribution in [0.4, 0.5) is 13.6 Å². The molecule has 3 aromatic carbocycles. The summed E-state index contributed by atoms with van der Waals surface area (Å²) in [6, 6.07) is 14.9. The molecule has 1 aromatic heterocycles. The fourth-order valence-corrected chi connectivity index (χ4v) is 5.48. The van der Waals surface area contributed by atoms with Gasteiger partial charge in [0.05, 0.1) is 28.7 Å². The van der Waals surface area contributed by atoms with Crippen LogP contribution in [0.1, 0.15) is 55.5 Å². The molecule has 1 aliphatic heterocycles. The second-order valence-corrected chi connectivity index (χ2v) is 10.1. The molecule has 7 nitrogen and oxygen atoms in total. The summed E-state index contributed by atoms with van der Waals surface area (Å²) in [5, 5.41) is 16.1. The van der Waals surface area contributed by atoms with Gasteiger partial charge in [-0.2, -0.15) is 5.10 Å². The van der Waals surface area contributed by atoms with Crippen LogP contribution < -0.4 is 10.1 Å². The van der Waals surface area contributed by atoms with Gasteiger partial charge in [-0.3, -0.25) is 0 Å². The minimum Gasteiger partial charge on any atom is -0.492 e. The van der Waals surface area contributed by atoms with E-state index in [9.17, 15) is 9.18 Å². The van der Waals surface area contributed by atoms with E-state index in [2.05, 4.69) is 10.4 Å². The van der Waals surface area contributed by atoms with Crippen LogP contribution in [0, 0.1) is 11.6 Å². The smallest absolute Gasteiger partial charge is 0.404 e. The Labute approximate surface area is 241 Å². The number of hydrogen-bond acceptors (Lipinski definition) is 4. The number of aromatic nitrogens is 2. The Morgan fingerprint density at radius 3 is 2.61 bits per heavy atom. The molecule has 1 unspecified atom stereocenters. The molecule has 0 saturated carbocycles. The number of carbonyl (C=O) groups is 1. The van der Waals surface area contributed by atoms with Crippen LogP contribution in [0.25, 0.3) is 22.0 Å². The summed E-state index contributed by atoms with van der Waals surface area (Å²) in [5.41, 5.74) is 3.68. The highest BCUT2D eigenvalue weighted by atomic mass is 35.5. The third-order valence-electron chi connectivity index (χ3n) is 7.11. The molecule has 0 radical (unpaired) electrons. The maximum Gasteiger partial charge on any atom is 0.404 e. The molecule has 1 fully saturated rings. The number of hydrogen-bond donors (Lipinski definition) is 2. The first kappa shape index (κ1) is 28.6. The number of ether oxygens (including phenoxy) is 2. The lowest BCUT2D eigenvalue weighted by atomic mass is 9.87. The van der Waals surface area contributed by atoms with Crippen molar-refractivity contribution in [3.63, 3.8) is 0 Å². The molecule has 0 bridgehead atoms.